The quantitative estimate of drug-likeness (QED) is 0.598. The third-order valence-corrected chi connectivity index (χ3v) is 5.05. The Kier molecular flexibility index (Phi) is 3.71. The number of amides is 1. The maximum absolute atomic E-state index is 13.0. The number of hydrogen-bond acceptors (Lipinski definition) is 3. The first kappa shape index (κ1) is 15.1. The molecule has 0 N–H and O–H groups in total. The number of carbonyl (C=O) groups excluding carboxylic acids is 1. The molecule has 24 heavy (non-hydrogen) atoms. The number of nitrogens with zero attached hydrogens (tertiary/aromatic N) is 2. The molecule has 118 valence electrons. The molecule has 3 aromatic rings. The van der Waals surface area contributed by atoms with E-state index in [1.807, 2.05) is 60.1 Å². The first-order valence-electron chi connectivity index (χ1n) is 7.46. The summed E-state index contributed by atoms with van der Waals surface area (Å²) in [5, 5.41) is 4.62. The summed E-state index contributed by atoms with van der Waals surface area (Å²) in [5.74, 6) is -0.109. The van der Waals surface area contributed by atoms with Gasteiger partial charge in [0.25, 0.3) is 5.91 Å². The lowest BCUT2D eigenvalue weighted by molar-refractivity contribution is -0.111. The summed E-state index contributed by atoms with van der Waals surface area (Å²) in [5.41, 5.74) is 4.70. The highest BCUT2D eigenvalue weighted by Gasteiger charge is 2.34. The minimum atomic E-state index is -0.109. The molecule has 1 amide bonds. The summed E-state index contributed by atoms with van der Waals surface area (Å²) in [6.45, 7) is 1.92. The number of aryl methyl sites for hydroxylation is 1. The number of thiophene rings is 1. The van der Waals surface area contributed by atoms with Gasteiger partial charge in [0.05, 0.1) is 17.1 Å². The van der Waals surface area contributed by atoms with Gasteiger partial charge in [-0.1, -0.05) is 29.8 Å². The largest absolute Gasteiger partial charge is 0.282 e. The van der Waals surface area contributed by atoms with Crippen LogP contribution in [0.1, 0.15) is 11.1 Å². The van der Waals surface area contributed by atoms with Crippen LogP contribution in [-0.4, -0.2) is 11.6 Å². The Labute approximate surface area is 148 Å². The average molecular weight is 353 g/mol. The average Bonchev–Trinajstić information content (AvgIpc) is 3.18. The second kappa shape index (κ2) is 5.89. The summed E-state index contributed by atoms with van der Waals surface area (Å²) >= 11 is 7.64. The molecule has 0 aliphatic carbocycles. The number of halogens is 1. The fourth-order valence-electron chi connectivity index (χ4n) is 2.78. The second-order valence-electron chi connectivity index (χ2n) is 5.53. The first-order chi connectivity index (χ1) is 11.6. The van der Waals surface area contributed by atoms with E-state index in [2.05, 4.69) is 4.99 Å². The van der Waals surface area contributed by atoms with Crippen molar-refractivity contribution in [3.05, 3.63) is 75.4 Å². The number of fused-ring (bicyclic) bond motifs is 1. The molecule has 0 bridgehead atoms. The summed E-state index contributed by atoms with van der Waals surface area (Å²) in [6.07, 6.45) is 0. The van der Waals surface area contributed by atoms with Crippen molar-refractivity contribution >= 4 is 51.6 Å². The Morgan fingerprint density at radius 2 is 1.96 bits per heavy atom. The fraction of sp³-hybridized carbons (Fsp3) is 0.0526. The van der Waals surface area contributed by atoms with Crippen LogP contribution in [0.2, 0.25) is 5.02 Å². The number of carbonyl (C=O) groups is 1. The van der Waals surface area contributed by atoms with E-state index in [-0.39, 0.29) is 5.91 Å². The van der Waals surface area contributed by atoms with Crippen molar-refractivity contribution in [2.75, 3.05) is 4.90 Å². The molecule has 0 saturated carbocycles. The van der Waals surface area contributed by atoms with Crippen molar-refractivity contribution in [3.63, 3.8) is 0 Å². The zero-order valence-electron chi connectivity index (χ0n) is 12.9. The van der Waals surface area contributed by atoms with Crippen LogP contribution in [0.15, 0.2) is 64.3 Å². The number of rotatable bonds is 2. The Bertz CT molecular complexity index is 963. The minimum Gasteiger partial charge on any atom is -0.274 e. The van der Waals surface area contributed by atoms with E-state index in [9.17, 15) is 4.79 Å². The molecule has 0 unspecified atom stereocenters. The molecular weight excluding hydrogens is 340 g/mol. The van der Waals surface area contributed by atoms with Gasteiger partial charge in [-0.25, -0.2) is 4.99 Å². The van der Waals surface area contributed by atoms with Gasteiger partial charge in [0, 0.05) is 16.0 Å². The van der Waals surface area contributed by atoms with Crippen LogP contribution in [0.25, 0.3) is 0 Å². The van der Waals surface area contributed by atoms with Crippen LogP contribution >= 0.6 is 22.9 Å². The molecule has 0 saturated heterocycles. The van der Waals surface area contributed by atoms with E-state index in [4.69, 9.17) is 11.6 Å². The Balaban J connectivity index is 1.86. The van der Waals surface area contributed by atoms with Crippen LogP contribution in [-0.2, 0) is 4.79 Å². The van der Waals surface area contributed by atoms with Gasteiger partial charge in [-0.15, -0.1) is 0 Å². The number of para-hydroxylation sites is 1. The summed E-state index contributed by atoms with van der Waals surface area (Å²) in [7, 11) is 0. The molecule has 1 aromatic heterocycles. The minimum absolute atomic E-state index is 0.109. The lowest BCUT2D eigenvalue weighted by atomic mass is 10.1. The Morgan fingerprint density at radius 1 is 1.12 bits per heavy atom. The molecule has 1 aliphatic rings. The Morgan fingerprint density at radius 3 is 2.71 bits per heavy atom. The third kappa shape index (κ3) is 2.44. The molecule has 0 radical (unpaired) electrons. The summed E-state index contributed by atoms with van der Waals surface area (Å²) < 4.78 is 0. The summed E-state index contributed by atoms with van der Waals surface area (Å²) in [4.78, 5) is 19.3. The first-order valence-corrected chi connectivity index (χ1v) is 8.78. The monoisotopic (exact) mass is 352 g/mol. The highest BCUT2D eigenvalue weighted by atomic mass is 35.5. The molecule has 0 fully saturated rings. The highest BCUT2D eigenvalue weighted by Crippen LogP contribution is 2.37. The smallest absolute Gasteiger partial charge is 0.274 e. The van der Waals surface area contributed by atoms with E-state index < -0.39 is 0 Å². The number of benzene rings is 2. The number of hydrogen-bond donors (Lipinski definition) is 0. The second-order valence-corrected chi connectivity index (χ2v) is 6.72. The van der Waals surface area contributed by atoms with Crippen molar-refractivity contribution in [2.45, 2.75) is 6.92 Å². The van der Waals surface area contributed by atoms with Crippen molar-refractivity contribution < 1.29 is 4.79 Å². The third-order valence-electron chi connectivity index (χ3n) is 3.95. The predicted octanol–water partition coefficient (Wildman–Crippen LogP) is 5.51. The van der Waals surface area contributed by atoms with E-state index in [0.29, 0.717) is 10.7 Å². The number of anilines is 2. The zero-order valence-corrected chi connectivity index (χ0v) is 14.4. The van der Waals surface area contributed by atoms with E-state index in [1.165, 1.54) is 0 Å². The van der Waals surface area contributed by atoms with Gasteiger partial charge in [-0.3, -0.25) is 9.69 Å². The van der Waals surface area contributed by atoms with Crippen LogP contribution < -0.4 is 4.90 Å². The predicted molar refractivity (Wildman–Crippen MR) is 100 cm³/mol. The Hall–Kier alpha value is -2.43. The standard InChI is InChI=1S/C19H13ClN2OS/c1-12-10-13(6-7-16(12)20)21-18-15-4-2-3-5-17(15)22(19(18)23)14-8-9-24-11-14/h2-11H,1H3. The van der Waals surface area contributed by atoms with Gasteiger partial charge in [0.15, 0.2) is 0 Å². The molecule has 2 heterocycles. The lowest BCUT2D eigenvalue weighted by Gasteiger charge is -2.14. The molecule has 4 rings (SSSR count). The van der Waals surface area contributed by atoms with Crippen LogP contribution in [0, 0.1) is 6.92 Å². The van der Waals surface area contributed by atoms with Gasteiger partial charge in [0.1, 0.15) is 5.71 Å². The fourth-order valence-corrected chi connectivity index (χ4v) is 3.51. The van der Waals surface area contributed by atoms with Gasteiger partial charge < -0.3 is 0 Å². The molecule has 3 nitrogen and oxygen atoms in total. The van der Waals surface area contributed by atoms with E-state index in [1.54, 1.807) is 22.3 Å². The van der Waals surface area contributed by atoms with Crippen LogP contribution in [0.4, 0.5) is 17.1 Å². The molecule has 0 atom stereocenters. The van der Waals surface area contributed by atoms with Crippen molar-refractivity contribution in [2.24, 2.45) is 4.99 Å². The molecule has 5 heteroatoms. The van der Waals surface area contributed by atoms with Gasteiger partial charge in [0.2, 0.25) is 0 Å². The van der Waals surface area contributed by atoms with Crippen LogP contribution in [0.3, 0.4) is 0 Å². The SMILES string of the molecule is Cc1cc(N=C2C(=O)N(c3ccsc3)c3ccccc32)ccc1Cl. The highest BCUT2D eigenvalue weighted by molar-refractivity contribution is 7.08. The topological polar surface area (TPSA) is 32.7 Å². The molecule has 1 aliphatic heterocycles. The molecule has 0 spiro atoms. The number of aliphatic imine (C=N–C) groups is 1. The van der Waals surface area contributed by atoms with Gasteiger partial charge in [-0.05, 0) is 48.2 Å². The van der Waals surface area contributed by atoms with Crippen molar-refractivity contribution in [3.8, 4) is 0 Å². The maximum Gasteiger partial charge on any atom is 0.282 e. The van der Waals surface area contributed by atoms with Crippen LogP contribution in [0.5, 0.6) is 0 Å². The van der Waals surface area contributed by atoms with Gasteiger partial charge in [-0.2, -0.15) is 11.3 Å². The van der Waals surface area contributed by atoms with Gasteiger partial charge >= 0.3 is 0 Å². The van der Waals surface area contributed by atoms with Crippen molar-refractivity contribution in [1.82, 2.24) is 0 Å². The normalized spacial score (nSPS) is 15.2. The lowest BCUT2D eigenvalue weighted by Crippen LogP contribution is -2.24. The molecule has 2 aromatic carbocycles. The maximum atomic E-state index is 13.0. The van der Waals surface area contributed by atoms with E-state index in [0.717, 1.165) is 28.2 Å². The van der Waals surface area contributed by atoms with E-state index >= 15 is 0 Å². The van der Waals surface area contributed by atoms with Crippen molar-refractivity contribution in [1.29, 1.82) is 0 Å². The summed E-state index contributed by atoms with van der Waals surface area (Å²) in [6, 6.07) is 15.2. The zero-order chi connectivity index (χ0) is 16.7. The molecular formula is C19H13ClN2OS.